The molecule has 1 aromatic carbocycles. The zero-order valence-electron chi connectivity index (χ0n) is 11.3. The Kier molecular flexibility index (Phi) is 5.25. The van der Waals surface area contributed by atoms with Crippen LogP contribution >= 0.6 is 0 Å². The number of nitro benzene ring substituents is 1. The van der Waals surface area contributed by atoms with Gasteiger partial charge in [0.15, 0.2) is 0 Å². The highest BCUT2D eigenvalue weighted by molar-refractivity contribution is 5.77. The van der Waals surface area contributed by atoms with E-state index in [9.17, 15) is 14.9 Å². The van der Waals surface area contributed by atoms with Crippen LogP contribution in [-0.2, 0) is 11.3 Å². The molecule has 0 saturated heterocycles. The molecule has 7 heteroatoms. The topological polar surface area (TPSA) is 87.5 Å². The number of non-ortho nitro benzene ring substituents is 1. The van der Waals surface area contributed by atoms with Gasteiger partial charge in [0.2, 0.25) is 5.91 Å². The van der Waals surface area contributed by atoms with Crippen molar-refractivity contribution in [2.45, 2.75) is 6.54 Å². The Morgan fingerprint density at radius 1 is 1.42 bits per heavy atom. The number of nitrogens with zero attached hydrogens (tertiary/aromatic N) is 2. The highest BCUT2D eigenvalue weighted by atomic mass is 16.6. The van der Waals surface area contributed by atoms with Gasteiger partial charge in [0, 0.05) is 38.5 Å². The zero-order chi connectivity index (χ0) is 14.4. The van der Waals surface area contributed by atoms with Crippen LogP contribution in [-0.4, -0.2) is 43.4 Å². The highest BCUT2D eigenvalue weighted by Crippen LogP contribution is 2.22. The number of carbonyl (C=O) groups is 1. The third-order valence-electron chi connectivity index (χ3n) is 2.70. The predicted molar refractivity (Wildman–Crippen MR) is 73.0 cm³/mol. The van der Waals surface area contributed by atoms with Gasteiger partial charge < -0.3 is 10.6 Å². The molecule has 0 unspecified atom stereocenters. The quantitative estimate of drug-likeness (QED) is 0.588. The predicted octanol–water partition coefficient (Wildman–Crippen LogP) is 0.814. The summed E-state index contributed by atoms with van der Waals surface area (Å²) in [6.45, 7) is 0.688. The second-order valence-corrected chi connectivity index (χ2v) is 4.19. The molecule has 0 saturated carbocycles. The molecule has 104 valence electrons. The average Bonchev–Trinajstić information content (AvgIpc) is 2.38. The molecule has 7 nitrogen and oxygen atoms in total. The maximum Gasteiger partial charge on any atom is 0.269 e. The molecule has 1 aromatic rings. The standard InChI is InChI=1S/C12H18N4O3/c1-13-11-5-4-10(16(18)19)6-9(11)7-15(3)8-12(17)14-2/h4-6,13H,7-8H2,1-3H3,(H,14,17). The third kappa shape index (κ3) is 4.22. The summed E-state index contributed by atoms with van der Waals surface area (Å²) >= 11 is 0. The SMILES string of the molecule is CNC(=O)CN(C)Cc1cc([N+](=O)[O-])ccc1NC. The van der Waals surface area contributed by atoms with E-state index in [0.29, 0.717) is 6.54 Å². The fourth-order valence-electron chi connectivity index (χ4n) is 1.74. The number of likely N-dealkylation sites (N-methyl/N-ethyl adjacent to an activating group) is 2. The first-order valence-electron chi connectivity index (χ1n) is 5.82. The number of benzene rings is 1. The molecule has 0 aliphatic heterocycles. The Hall–Kier alpha value is -2.15. The van der Waals surface area contributed by atoms with E-state index in [1.807, 2.05) is 0 Å². The molecule has 1 rings (SSSR count). The van der Waals surface area contributed by atoms with Crippen LogP contribution in [0.5, 0.6) is 0 Å². The van der Waals surface area contributed by atoms with Crippen LogP contribution in [0.1, 0.15) is 5.56 Å². The van der Waals surface area contributed by atoms with Crippen molar-refractivity contribution in [3.8, 4) is 0 Å². The van der Waals surface area contributed by atoms with Crippen LogP contribution in [0.25, 0.3) is 0 Å². The van der Waals surface area contributed by atoms with Crippen LogP contribution in [0.15, 0.2) is 18.2 Å². The van der Waals surface area contributed by atoms with Gasteiger partial charge in [-0.1, -0.05) is 0 Å². The van der Waals surface area contributed by atoms with Crippen LogP contribution in [0, 0.1) is 10.1 Å². The van der Waals surface area contributed by atoms with Crippen LogP contribution in [0.2, 0.25) is 0 Å². The molecule has 19 heavy (non-hydrogen) atoms. The summed E-state index contributed by atoms with van der Waals surface area (Å²) in [7, 11) is 5.11. The summed E-state index contributed by atoms with van der Waals surface area (Å²) in [5.74, 6) is -0.0982. The molecule has 0 heterocycles. The lowest BCUT2D eigenvalue weighted by atomic mass is 10.1. The average molecular weight is 266 g/mol. The number of rotatable bonds is 6. The molecular weight excluding hydrogens is 248 g/mol. The van der Waals surface area contributed by atoms with Crippen molar-refractivity contribution < 1.29 is 9.72 Å². The summed E-state index contributed by atoms with van der Waals surface area (Å²) in [6.07, 6.45) is 0. The highest BCUT2D eigenvalue weighted by Gasteiger charge is 2.13. The summed E-state index contributed by atoms with van der Waals surface area (Å²) in [5.41, 5.74) is 1.64. The van der Waals surface area contributed by atoms with Gasteiger partial charge >= 0.3 is 0 Å². The molecule has 2 N–H and O–H groups in total. The Balaban J connectivity index is 2.88. The van der Waals surface area contributed by atoms with Gasteiger partial charge in [0.05, 0.1) is 11.5 Å². The Morgan fingerprint density at radius 2 is 2.11 bits per heavy atom. The minimum atomic E-state index is -0.429. The maximum absolute atomic E-state index is 11.3. The van der Waals surface area contributed by atoms with Crippen LogP contribution < -0.4 is 10.6 Å². The van der Waals surface area contributed by atoms with E-state index in [4.69, 9.17) is 0 Å². The normalized spacial score (nSPS) is 10.3. The first-order chi connectivity index (χ1) is 8.97. The fourth-order valence-corrected chi connectivity index (χ4v) is 1.74. The van der Waals surface area contributed by atoms with Gasteiger partial charge in [-0.25, -0.2) is 0 Å². The van der Waals surface area contributed by atoms with Gasteiger partial charge in [-0.3, -0.25) is 19.8 Å². The molecule has 0 fully saturated rings. The van der Waals surface area contributed by atoms with Crippen molar-refractivity contribution in [3.05, 3.63) is 33.9 Å². The second-order valence-electron chi connectivity index (χ2n) is 4.19. The zero-order valence-corrected chi connectivity index (χ0v) is 11.3. The number of amides is 1. The lowest BCUT2D eigenvalue weighted by Gasteiger charge is -2.17. The van der Waals surface area contributed by atoms with E-state index in [1.165, 1.54) is 12.1 Å². The van der Waals surface area contributed by atoms with E-state index < -0.39 is 4.92 Å². The lowest BCUT2D eigenvalue weighted by Crippen LogP contribution is -2.32. The summed E-state index contributed by atoms with van der Waals surface area (Å²) in [5, 5.41) is 16.3. The molecular formula is C12H18N4O3. The van der Waals surface area contributed by atoms with Crippen molar-refractivity contribution >= 4 is 17.3 Å². The van der Waals surface area contributed by atoms with Gasteiger partial charge in [-0.05, 0) is 18.7 Å². The van der Waals surface area contributed by atoms with Gasteiger partial charge in [-0.2, -0.15) is 0 Å². The van der Waals surface area contributed by atoms with Crippen molar-refractivity contribution in [1.82, 2.24) is 10.2 Å². The Bertz CT molecular complexity index is 476. The number of carbonyl (C=O) groups excluding carboxylic acids is 1. The molecule has 1 amide bonds. The van der Waals surface area contributed by atoms with E-state index in [0.717, 1.165) is 11.3 Å². The minimum absolute atomic E-state index is 0.0438. The van der Waals surface area contributed by atoms with Gasteiger partial charge in [0.1, 0.15) is 0 Å². The lowest BCUT2D eigenvalue weighted by molar-refractivity contribution is -0.384. The van der Waals surface area contributed by atoms with Crippen molar-refractivity contribution in [3.63, 3.8) is 0 Å². The van der Waals surface area contributed by atoms with Gasteiger partial charge in [-0.15, -0.1) is 0 Å². The Labute approximate surface area is 111 Å². The molecule has 0 bridgehead atoms. The number of hydrogen-bond donors (Lipinski definition) is 2. The van der Waals surface area contributed by atoms with Crippen molar-refractivity contribution in [2.24, 2.45) is 0 Å². The monoisotopic (exact) mass is 266 g/mol. The minimum Gasteiger partial charge on any atom is -0.388 e. The number of nitrogens with one attached hydrogen (secondary N) is 2. The third-order valence-corrected chi connectivity index (χ3v) is 2.70. The van der Waals surface area contributed by atoms with E-state index >= 15 is 0 Å². The first-order valence-corrected chi connectivity index (χ1v) is 5.82. The largest absolute Gasteiger partial charge is 0.388 e. The van der Waals surface area contributed by atoms with Crippen molar-refractivity contribution in [2.75, 3.05) is 33.0 Å². The molecule has 0 radical (unpaired) electrons. The second kappa shape index (κ2) is 6.69. The number of anilines is 1. The van der Waals surface area contributed by atoms with Crippen molar-refractivity contribution in [1.29, 1.82) is 0 Å². The first kappa shape index (κ1) is 14.9. The molecule has 0 aliphatic rings. The Morgan fingerprint density at radius 3 is 2.63 bits per heavy atom. The van der Waals surface area contributed by atoms with Gasteiger partial charge in [0.25, 0.3) is 5.69 Å². The number of hydrogen-bond acceptors (Lipinski definition) is 5. The van der Waals surface area contributed by atoms with E-state index in [-0.39, 0.29) is 18.1 Å². The van der Waals surface area contributed by atoms with E-state index in [1.54, 1.807) is 32.1 Å². The smallest absolute Gasteiger partial charge is 0.269 e. The molecule has 0 atom stereocenters. The molecule has 0 aromatic heterocycles. The summed E-state index contributed by atoms with van der Waals surface area (Å²) in [4.78, 5) is 23.4. The number of nitro groups is 1. The molecule has 0 spiro atoms. The van der Waals surface area contributed by atoms with Crippen LogP contribution in [0.3, 0.4) is 0 Å². The summed E-state index contributed by atoms with van der Waals surface area (Å²) < 4.78 is 0. The molecule has 0 aliphatic carbocycles. The maximum atomic E-state index is 11.3. The van der Waals surface area contributed by atoms with E-state index in [2.05, 4.69) is 10.6 Å². The fraction of sp³-hybridized carbons (Fsp3) is 0.417. The van der Waals surface area contributed by atoms with Crippen LogP contribution in [0.4, 0.5) is 11.4 Å². The summed E-state index contributed by atoms with van der Waals surface area (Å²) in [6, 6.07) is 4.64.